The first-order valence-corrected chi connectivity index (χ1v) is 12.0. The predicted molar refractivity (Wildman–Crippen MR) is 107 cm³/mol. The van der Waals surface area contributed by atoms with Crippen LogP contribution in [0.25, 0.3) is 0 Å². The van der Waals surface area contributed by atoms with Crippen molar-refractivity contribution in [3.63, 3.8) is 0 Å². The maximum absolute atomic E-state index is 13.3. The van der Waals surface area contributed by atoms with Gasteiger partial charge in [-0.2, -0.15) is 0 Å². The Bertz CT molecular complexity index is 862. The van der Waals surface area contributed by atoms with Gasteiger partial charge in [0.1, 0.15) is 5.82 Å². The van der Waals surface area contributed by atoms with E-state index in [1.807, 2.05) is 0 Å². The summed E-state index contributed by atoms with van der Waals surface area (Å²) in [6.07, 6.45) is 2.30. The zero-order valence-corrected chi connectivity index (χ0v) is 17.7. The van der Waals surface area contributed by atoms with Gasteiger partial charge in [-0.3, -0.25) is 9.59 Å². The molecule has 6 nitrogen and oxygen atoms in total. The number of nitrogens with zero attached hydrogens (tertiary/aromatic N) is 1. The molecule has 2 atom stereocenters. The minimum Gasteiger partial charge on any atom is -0.452 e. The van der Waals surface area contributed by atoms with Gasteiger partial charge in [0.05, 0.1) is 16.9 Å². The van der Waals surface area contributed by atoms with Crippen LogP contribution in [0.1, 0.15) is 51.5 Å². The van der Waals surface area contributed by atoms with Gasteiger partial charge in [-0.15, -0.1) is 0 Å². The summed E-state index contributed by atoms with van der Waals surface area (Å²) in [6, 6.07) is 5.50. The number of benzene rings is 1. The molecule has 0 radical (unpaired) electrons. The quantitative estimate of drug-likeness (QED) is 0.655. The summed E-state index contributed by atoms with van der Waals surface area (Å²) in [5, 5.41) is 0. The van der Waals surface area contributed by atoms with Crippen LogP contribution in [0, 0.1) is 5.82 Å². The minimum absolute atomic E-state index is 0.0488. The molecule has 2 fully saturated rings. The predicted octanol–water partition coefficient (Wildman–Crippen LogP) is 2.60. The van der Waals surface area contributed by atoms with E-state index in [9.17, 15) is 22.4 Å². The second-order valence-corrected chi connectivity index (χ2v) is 10.3. The SMILES string of the molecule is CCN(C(=O)[C@@H](C)OC(=O)C1(c2ccc(F)cc2)CCCC1)[C@H]1CCS(=O)(=O)C1. The third-order valence-corrected chi connectivity index (χ3v) is 7.90. The lowest BCUT2D eigenvalue weighted by Crippen LogP contribution is -2.48. The number of amides is 1. The smallest absolute Gasteiger partial charge is 0.317 e. The lowest BCUT2D eigenvalue weighted by Gasteiger charge is -2.32. The Morgan fingerprint density at radius 3 is 2.38 bits per heavy atom. The van der Waals surface area contributed by atoms with Crippen molar-refractivity contribution in [1.82, 2.24) is 4.90 Å². The third-order valence-electron chi connectivity index (χ3n) is 6.15. The van der Waals surface area contributed by atoms with Crippen LogP contribution in [0.4, 0.5) is 4.39 Å². The van der Waals surface area contributed by atoms with Crippen molar-refractivity contribution in [3.8, 4) is 0 Å². The van der Waals surface area contributed by atoms with Crippen molar-refractivity contribution >= 4 is 21.7 Å². The summed E-state index contributed by atoms with van der Waals surface area (Å²) in [7, 11) is -3.13. The Kier molecular flexibility index (Phi) is 6.31. The fourth-order valence-electron chi connectivity index (χ4n) is 4.53. The van der Waals surface area contributed by atoms with Crippen molar-refractivity contribution < 1.29 is 27.1 Å². The lowest BCUT2D eigenvalue weighted by atomic mass is 9.79. The molecule has 160 valence electrons. The van der Waals surface area contributed by atoms with Crippen LogP contribution in [-0.4, -0.2) is 55.4 Å². The Labute approximate surface area is 171 Å². The van der Waals surface area contributed by atoms with E-state index in [0.29, 0.717) is 31.4 Å². The van der Waals surface area contributed by atoms with E-state index in [0.717, 1.165) is 12.8 Å². The molecule has 1 aliphatic heterocycles. The number of hydrogen-bond acceptors (Lipinski definition) is 5. The van der Waals surface area contributed by atoms with E-state index in [1.165, 1.54) is 24.0 Å². The fourth-order valence-corrected chi connectivity index (χ4v) is 6.26. The summed E-state index contributed by atoms with van der Waals surface area (Å²) in [6.45, 7) is 3.66. The first-order valence-electron chi connectivity index (χ1n) is 10.2. The van der Waals surface area contributed by atoms with Crippen molar-refractivity contribution in [3.05, 3.63) is 35.6 Å². The second kappa shape index (κ2) is 8.42. The molecule has 0 spiro atoms. The van der Waals surface area contributed by atoms with Gasteiger partial charge >= 0.3 is 5.97 Å². The van der Waals surface area contributed by atoms with E-state index in [4.69, 9.17) is 4.74 Å². The van der Waals surface area contributed by atoms with Gasteiger partial charge in [0.15, 0.2) is 15.9 Å². The molecule has 1 heterocycles. The molecular weight excluding hydrogens is 397 g/mol. The average molecular weight is 426 g/mol. The highest BCUT2D eigenvalue weighted by atomic mass is 32.2. The molecule has 1 aromatic rings. The number of halogens is 1. The third kappa shape index (κ3) is 4.47. The summed E-state index contributed by atoms with van der Waals surface area (Å²) in [5.74, 6) is -1.20. The van der Waals surface area contributed by atoms with Crippen LogP contribution in [0.5, 0.6) is 0 Å². The highest BCUT2D eigenvalue weighted by molar-refractivity contribution is 7.91. The molecule has 1 aliphatic carbocycles. The zero-order valence-electron chi connectivity index (χ0n) is 16.9. The molecule has 0 unspecified atom stereocenters. The largest absolute Gasteiger partial charge is 0.452 e. The van der Waals surface area contributed by atoms with Crippen LogP contribution >= 0.6 is 0 Å². The molecule has 2 aliphatic rings. The number of likely N-dealkylation sites (N-methyl/N-ethyl adjacent to an activating group) is 1. The number of ether oxygens (including phenoxy) is 1. The molecule has 3 rings (SSSR count). The van der Waals surface area contributed by atoms with E-state index in [-0.39, 0.29) is 29.3 Å². The van der Waals surface area contributed by atoms with Crippen molar-refractivity contribution in [2.24, 2.45) is 0 Å². The highest BCUT2D eigenvalue weighted by Gasteiger charge is 2.46. The van der Waals surface area contributed by atoms with Crippen LogP contribution in [0.15, 0.2) is 24.3 Å². The Hall–Kier alpha value is -1.96. The molecule has 0 bridgehead atoms. The Morgan fingerprint density at radius 2 is 1.86 bits per heavy atom. The first-order chi connectivity index (χ1) is 13.7. The molecular formula is C21H28FNO5S. The molecule has 8 heteroatoms. The molecule has 1 amide bonds. The summed E-state index contributed by atoms with van der Waals surface area (Å²) < 4.78 is 42.5. The summed E-state index contributed by atoms with van der Waals surface area (Å²) in [4.78, 5) is 27.5. The van der Waals surface area contributed by atoms with Gasteiger partial charge < -0.3 is 9.64 Å². The van der Waals surface area contributed by atoms with Crippen molar-refractivity contribution in [2.75, 3.05) is 18.1 Å². The maximum atomic E-state index is 13.3. The minimum atomic E-state index is -3.13. The molecule has 0 N–H and O–H groups in total. The van der Waals surface area contributed by atoms with E-state index in [1.54, 1.807) is 19.1 Å². The standard InChI is InChI=1S/C21H28FNO5S/c1-3-23(18-10-13-29(26,27)14-18)19(24)15(2)28-20(25)21(11-4-5-12-21)16-6-8-17(22)9-7-16/h6-9,15,18H,3-5,10-14H2,1-2H3/t15-,18+/m1/s1. The fraction of sp³-hybridized carbons (Fsp3) is 0.619. The van der Waals surface area contributed by atoms with Gasteiger partial charge in [-0.25, -0.2) is 12.8 Å². The average Bonchev–Trinajstić information content (AvgIpc) is 3.30. The highest BCUT2D eigenvalue weighted by Crippen LogP contribution is 2.42. The van der Waals surface area contributed by atoms with Gasteiger partial charge in [0, 0.05) is 12.6 Å². The molecule has 0 aromatic heterocycles. The van der Waals surface area contributed by atoms with Crippen LogP contribution < -0.4 is 0 Å². The van der Waals surface area contributed by atoms with Gasteiger partial charge in [-0.05, 0) is 50.8 Å². The van der Waals surface area contributed by atoms with E-state index < -0.39 is 27.3 Å². The molecule has 1 aromatic carbocycles. The number of hydrogen-bond donors (Lipinski definition) is 0. The number of carbonyl (C=O) groups is 2. The second-order valence-electron chi connectivity index (χ2n) is 8.02. The zero-order chi connectivity index (χ0) is 21.2. The van der Waals surface area contributed by atoms with Gasteiger partial charge in [0.2, 0.25) is 0 Å². The summed E-state index contributed by atoms with van der Waals surface area (Å²) >= 11 is 0. The van der Waals surface area contributed by atoms with E-state index in [2.05, 4.69) is 0 Å². The van der Waals surface area contributed by atoms with Crippen LogP contribution in [0.2, 0.25) is 0 Å². The molecule has 29 heavy (non-hydrogen) atoms. The van der Waals surface area contributed by atoms with Crippen LogP contribution in [0.3, 0.4) is 0 Å². The summed E-state index contributed by atoms with van der Waals surface area (Å²) in [5.41, 5.74) is -0.161. The van der Waals surface area contributed by atoms with Crippen molar-refractivity contribution in [2.45, 2.75) is 63.5 Å². The van der Waals surface area contributed by atoms with E-state index >= 15 is 0 Å². The maximum Gasteiger partial charge on any atom is 0.317 e. The van der Waals surface area contributed by atoms with Gasteiger partial charge in [0.25, 0.3) is 5.91 Å². The number of sulfone groups is 1. The monoisotopic (exact) mass is 425 g/mol. The first kappa shape index (κ1) is 21.7. The Morgan fingerprint density at radius 1 is 1.24 bits per heavy atom. The normalized spacial score (nSPS) is 23.5. The van der Waals surface area contributed by atoms with Crippen LogP contribution in [-0.2, 0) is 29.6 Å². The number of carbonyl (C=O) groups excluding carboxylic acids is 2. The lowest BCUT2D eigenvalue weighted by molar-refractivity contribution is -0.164. The van der Waals surface area contributed by atoms with Gasteiger partial charge in [-0.1, -0.05) is 25.0 Å². The number of esters is 1. The Balaban J connectivity index is 1.74. The topological polar surface area (TPSA) is 80.8 Å². The molecule has 1 saturated heterocycles. The van der Waals surface area contributed by atoms with Crippen molar-refractivity contribution in [1.29, 1.82) is 0 Å². The molecule has 1 saturated carbocycles. The number of rotatable bonds is 6.